The highest BCUT2D eigenvalue weighted by Gasteiger charge is 2.32. The zero-order valence-electron chi connectivity index (χ0n) is 13.0. The van der Waals surface area contributed by atoms with Gasteiger partial charge in [-0.1, -0.05) is 23.8 Å². The molecule has 0 atom stereocenters. The van der Waals surface area contributed by atoms with E-state index < -0.39 is 0 Å². The minimum Gasteiger partial charge on any atom is -0.483 e. The number of carbonyl (C=O) groups is 1. The van der Waals surface area contributed by atoms with Gasteiger partial charge in [0.25, 0.3) is 5.91 Å². The van der Waals surface area contributed by atoms with Crippen LogP contribution in [0, 0.1) is 13.8 Å². The van der Waals surface area contributed by atoms with E-state index in [-0.39, 0.29) is 12.5 Å². The van der Waals surface area contributed by atoms with Crippen molar-refractivity contribution in [3.8, 4) is 5.75 Å². The third-order valence-electron chi connectivity index (χ3n) is 3.90. The van der Waals surface area contributed by atoms with Crippen LogP contribution in [0.15, 0.2) is 35.7 Å². The van der Waals surface area contributed by atoms with Crippen molar-refractivity contribution >= 4 is 17.2 Å². The molecule has 0 unspecified atom stereocenters. The van der Waals surface area contributed by atoms with E-state index in [2.05, 4.69) is 24.4 Å². The van der Waals surface area contributed by atoms with Gasteiger partial charge in [0.2, 0.25) is 0 Å². The van der Waals surface area contributed by atoms with Crippen LogP contribution in [0.25, 0.3) is 0 Å². The third kappa shape index (κ3) is 3.69. The molecule has 0 saturated heterocycles. The van der Waals surface area contributed by atoms with Crippen LogP contribution in [-0.2, 0) is 11.3 Å². The second kappa shape index (κ2) is 6.53. The Kier molecular flexibility index (Phi) is 4.48. The molecule has 1 saturated carbocycles. The molecule has 0 radical (unpaired) electrons. The minimum atomic E-state index is 0.0795. The van der Waals surface area contributed by atoms with Gasteiger partial charge in [0.1, 0.15) is 5.75 Å². The molecule has 3 nitrogen and oxygen atoms in total. The molecule has 2 aromatic rings. The number of hydrogen-bond acceptors (Lipinski definition) is 3. The fourth-order valence-electron chi connectivity index (χ4n) is 2.56. The number of aryl methyl sites for hydroxylation is 2. The molecule has 0 spiro atoms. The molecule has 0 bridgehead atoms. The van der Waals surface area contributed by atoms with Crippen LogP contribution in [0.2, 0.25) is 0 Å². The zero-order valence-corrected chi connectivity index (χ0v) is 13.9. The van der Waals surface area contributed by atoms with Gasteiger partial charge in [-0.05, 0) is 49.8 Å². The van der Waals surface area contributed by atoms with Crippen molar-refractivity contribution in [1.82, 2.24) is 4.90 Å². The number of amides is 1. The predicted molar refractivity (Wildman–Crippen MR) is 89.3 cm³/mol. The number of thiophene rings is 1. The van der Waals surface area contributed by atoms with Gasteiger partial charge in [0.05, 0.1) is 6.54 Å². The van der Waals surface area contributed by atoms with Gasteiger partial charge in [-0.3, -0.25) is 4.79 Å². The maximum absolute atomic E-state index is 12.5. The van der Waals surface area contributed by atoms with Crippen LogP contribution in [0.1, 0.15) is 28.8 Å². The maximum atomic E-state index is 12.5. The summed E-state index contributed by atoms with van der Waals surface area (Å²) >= 11 is 1.70. The first-order chi connectivity index (χ1) is 10.6. The SMILES string of the molecule is Cc1ccc(OCC(=O)N(Cc2cccs2)C2CC2)c(C)c1. The minimum absolute atomic E-state index is 0.0795. The summed E-state index contributed by atoms with van der Waals surface area (Å²) in [5.74, 6) is 0.877. The number of rotatable bonds is 6. The first-order valence-corrected chi connectivity index (χ1v) is 8.53. The summed E-state index contributed by atoms with van der Waals surface area (Å²) in [5, 5.41) is 2.05. The van der Waals surface area contributed by atoms with E-state index >= 15 is 0 Å². The lowest BCUT2D eigenvalue weighted by atomic mass is 10.1. The van der Waals surface area contributed by atoms with Gasteiger partial charge in [-0.2, -0.15) is 0 Å². The molecule has 1 aliphatic rings. The van der Waals surface area contributed by atoms with Gasteiger partial charge in [0.15, 0.2) is 6.61 Å². The predicted octanol–water partition coefficient (Wildman–Crippen LogP) is 3.93. The third-order valence-corrected chi connectivity index (χ3v) is 4.76. The van der Waals surface area contributed by atoms with Crippen LogP contribution < -0.4 is 4.74 Å². The molecule has 4 heteroatoms. The summed E-state index contributed by atoms with van der Waals surface area (Å²) in [6.45, 7) is 4.89. The van der Waals surface area contributed by atoms with E-state index in [0.29, 0.717) is 12.6 Å². The van der Waals surface area contributed by atoms with Crippen molar-refractivity contribution in [3.05, 3.63) is 51.7 Å². The van der Waals surface area contributed by atoms with Crippen molar-refractivity contribution in [3.63, 3.8) is 0 Å². The van der Waals surface area contributed by atoms with E-state index in [4.69, 9.17) is 4.74 Å². The summed E-state index contributed by atoms with van der Waals surface area (Å²) in [5.41, 5.74) is 2.28. The lowest BCUT2D eigenvalue weighted by Crippen LogP contribution is -2.36. The number of ether oxygens (including phenoxy) is 1. The van der Waals surface area contributed by atoms with Gasteiger partial charge in [0, 0.05) is 10.9 Å². The van der Waals surface area contributed by atoms with Gasteiger partial charge >= 0.3 is 0 Å². The summed E-state index contributed by atoms with van der Waals surface area (Å²) in [4.78, 5) is 15.7. The number of hydrogen-bond donors (Lipinski definition) is 0. The molecule has 1 heterocycles. The van der Waals surface area contributed by atoms with Crippen molar-refractivity contribution < 1.29 is 9.53 Å². The average Bonchev–Trinajstić information content (AvgIpc) is 3.20. The van der Waals surface area contributed by atoms with Gasteiger partial charge < -0.3 is 9.64 Å². The monoisotopic (exact) mass is 315 g/mol. The van der Waals surface area contributed by atoms with E-state index in [1.54, 1.807) is 11.3 Å². The molecule has 1 fully saturated rings. The van der Waals surface area contributed by atoms with Crippen molar-refractivity contribution in [1.29, 1.82) is 0 Å². The van der Waals surface area contributed by atoms with Crippen molar-refractivity contribution in [2.24, 2.45) is 0 Å². The van der Waals surface area contributed by atoms with Crippen LogP contribution in [0.4, 0.5) is 0 Å². The molecule has 0 N–H and O–H groups in total. The highest BCUT2D eigenvalue weighted by molar-refractivity contribution is 7.09. The van der Waals surface area contributed by atoms with Crippen LogP contribution in [0.3, 0.4) is 0 Å². The second-order valence-corrected chi connectivity index (χ2v) is 6.92. The molecule has 22 heavy (non-hydrogen) atoms. The van der Waals surface area contributed by atoms with E-state index in [0.717, 1.165) is 24.2 Å². The number of benzene rings is 1. The summed E-state index contributed by atoms with van der Waals surface area (Å²) < 4.78 is 5.74. The largest absolute Gasteiger partial charge is 0.483 e. The summed E-state index contributed by atoms with van der Waals surface area (Å²) in [6.07, 6.45) is 2.22. The highest BCUT2D eigenvalue weighted by Crippen LogP contribution is 2.29. The summed E-state index contributed by atoms with van der Waals surface area (Å²) in [7, 11) is 0. The average molecular weight is 315 g/mol. The Bertz CT molecular complexity index is 647. The first-order valence-electron chi connectivity index (χ1n) is 7.65. The van der Waals surface area contributed by atoms with Crippen LogP contribution >= 0.6 is 11.3 Å². The Morgan fingerprint density at radius 3 is 2.77 bits per heavy atom. The normalized spacial score (nSPS) is 13.9. The second-order valence-electron chi connectivity index (χ2n) is 5.89. The highest BCUT2D eigenvalue weighted by atomic mass is 32.1. The van der Waals surface area contributed by atoms with Crippen molar-refractivity contribution in [2.45, 2.75) is 39.3 Å². The summed E-state index contributed by atoms with van der Waals surface area (Å²) in [6, 6.07) is 10.5. The molecule has 1 aromatic heterocycles. The molecular weight excluding hydrogens is 294 g/mol. The van der Waals surface area contributed by atoms with Gasteiger partial charge in [-0.25, -0.2) is 0 Å². The molecule has 116 valence electrons. The number of carbonyl (C=O) groups excluding carboxylic acids is 1. The fraction of sp³-hybridized carbons (Fsp3) is 0.389. The Hall–Kier alpha value is -1.81. The quantitative estimate of drug-likeness (QED) is 0.808. The fourth-order valence-corrected chi connectivity index (χ4v) is 3.26. The molecule has 1 amide bonds. The van der Waals surface area contributed by atoms with Crippen LogP contribution in [0.5, 0.6) is 5.75 Å². The topological polar surface area (TPSA) is 29.5 Å². The Morgan fingerprint density at radius 2 is 2.14 bits per heavy atom. The van der Waals surface area contributed by atoms with Crippen LogP contribution in [-0.4, -0.2) is 23.5 Å². The molecule has 1 aromatic carbocycles. The maximum Gasteiger partial charge on any atom is 0.261 e. The smallest absolute Gasteiger partial charge is 0.261 e. The van der Waals surface area contributed by atoms with E-state index in [1.165, 1.54) is 10.4 Å². The van der Waals surface area contributed by atoms with E-state index in [9.17, 15) is 4.79 Å². The number of nitrogens with zero attached hydrogens (tertiary/aromatic N) is 1. The Balaban J connectivity index is 1.61. The van der Waals surface area contributed by atoms with Crippen molar-refractivity contribution in [2.75, 3.05) is 6.61 Å². The van der Waals surface area contributed by atoms with E-state index in [1.807, 2.05) is 30.0 Å². The first kappa shape index (κ1) is 15.1. The van der Waals surface area contributed by atoms with Gasteiger partial charge in [-0.15, -0.1) is 11.3 Å². The molecule has 0 aliphatic heterocycles. The Morgan fingerprint density at radius 1 is 1.32 bits per heavy atom. The molecule has 1 aliphatic carbocycles. The molecular formula is C18H21NO2S. The lowest BCUT2D eigenvalue weighted by Gasteiger charge is -2.22. The zero-order chi connectivity index (χ0) is 15.5. The Labute approximate surface area is 135 Å². The molecule has 3 rings (SSSR count). The lowest BCUT2D eigenvalue weighted by molar-refractivity contribution is -0.134. The standard InChI is InChI=1S/C18H21NO2S/c1-13-5-8-17(14(2)10-13)21-12-18(20)19(15-6-7-15)11-16-4-3-9-22-16/h3-5,8-10,15H,6-7,11-12H2,1-2H3.